The van der Waals surface area contributed by atoms with Crippen LogP contribution in [0.25, 0.3) is 0 Å². The Labute approximate surface area is 124 Å². The number of nitrogens with zero attached hydrogens (tertiary/aromatic N) is 1. The molecule has 0 radical (unpaired) electrons. The zero-order chi connectivity index (χ0) is 14.0. The van der Waals surface area contributed by atoms with Gasteiger partial charge >= 0.3 is 0 Å². The van der Waals surface area contributed by atoms with Crippen molar-refractivity contribution in [1.29, 1.82) is 0 Å². The fourth-order valence-electron chi connectivity index (χ4n) is 1.98. The van der Waals surface area contributed by atoms with Crippen molar-refractivity contribution in [1.82, 2.24) is 4.31 Å². The summed E-state index contributed by atoms with van der Waals surface area (Å²) in [6.07, 6.45) is -0.287. The van der Waals surface area contributed by atoms with Crippen LogP contribution in [0.15, 0.2) is 23.1 Å². The first-order valence-corrected chi connectivity index (χ1v) is 7.47. The van der Waals surface area contributed by atoms with Gasteiger partial charge in [-0.2, -0.15) is 4.31 Å². The first kappa shape index (κ1) is 17.3. The predicted octanol–water partition coefficient (Wildman–Crippen LogP) is 0.904. The maximum absolute atomic E-state index is 13.2. The summed E-state index contributed by atoms with van der Waals surface area (Å²) in [7, 11) is -3.61. The average Bonchev–Trinajstić information content (AvgIpc) is 2.41. The highest BCUT2D eigenvalue weighted by atomic mass is 35.5. The van der Waals surface area contributed by atoms with Crippen molar-refractivity contribution in [2.75, 3.05) is 26.2 Å². The second-order valence-corrected chi connectivity index (χ2v) is 6.44. The van der Waals surface area contributed by atoms with Gasteiger partial charge in [0.2, 0.25) is 10.0 Å². The second kappa shape index (κ2) is 6.82. The second-order valence-electron chi connectivity index (χ2n) is 4.50. The number of halogens is 2. The normalized spacial score (nSPS) is 20.4. The number of rotatable bonds is 3. The highest BCUT2D eigenvalue weighted by Crippen LogP contribution is 2.20. The Morgan fingerprint density at radius 1 is 1.50 bits per heavy atom. The Bertz CT molecular complexity index is 568. The number of hydrogen-bond donors (Lipinski definition) is 1. The van der Waals surface area contributed by atoms with E-state index in [0.717, 1.165) is 0 Å². The fourth-order valence-corrected chi connectivity index (χ4v) is 3.52. The molecule has 8 heteroatoms. The van der Waals surface area contributed by atoms with Crippen molar-refractivity contribution in [3.05, 3.63) is 29.6 Å². The Morgan fingerprint density at radius 2 is 2.20 bits per heavy atom. The van der Waals surface area contributed by atoms with Crippen LogP contribution < -0.4 is 5.73 Å². The monoisotopic (exact) mass is 324 g/mol. The highest BCUT2D eigenvalue weighted by molar-refractivity contribution is 7.89. The van der Waals surface area contributed by atoms with Gasteiger partial charge in [-0.15, -0.1) is 12.4 Å². The predicted molar refractivity (Wildman–Crippen MR) is 75.9 cm³/mol. The third-order valence-electron chi connectivity index (χ3n) is 3.13. The van der Waals surface area contributed by atoms with Crippen molar-refractivity contribution in [2.45, 2.75) is 17.9 Å². The molecule has 1 unspecified atom stereocenters. The number of aryl methyl sites for hydroxylation is 1. The number of hydrogen-bond acceptors (Lipinski definition) is 4. The molecule has 0 spiro atoms. The Balaban J connectivity index is 0.00000200. The van der Waals surface area contributed by atoms with Crippen LogP contribution in [0.1, 0.15) is 5.56 Å². The van der Waals surface area contributed by atoms with E-state index in [1.54, 1.807) is 0 Å². The zero-order valence-corrected chi connectivity index (χ0v) is 12.7. The van der Waals surface area contributed by atoms with E-state index in [-0.39, 0.29) is 43.0 Å². The summed E-state index contributed by atoms with van der Waals surface area (Å²) < 4.78 is 44.7. The highest BCUT2D eigenvalue weighted by Gasteiger charge is 2.30. The molecule has 0 aromatic heterocycles. The van der Waals surface area contributed by atoms with Gasteiger partial charge in [0.1, 0.15) is 5.82 Å². The maximum atomic E-state index is 13.2. The minimum absolute atomic E-state index is 0. The van der Waals surface area contributed by atoms with E-state index < -0.39 is 15.8 Å². The minimum atomic E-state index is -3.61. The lowest BCUT2D eigenvalue weighted by Crippen LogP contribution is -2.48. The largest absolute Gasteiger partial charge is 0.374 e. The van der Waals surface area contributed by atoms with Crippen molar-refractivity contribution in [3.8, 4) is 0 Å². The van der Waals surface area contributed by atoms with E-state index in [2.05, 4.69) is 0 Å². The Morgan fingerprint density at radius 3 is 2.80 bits per heavy atom. The van der Waals surface area contributed by atoms with E-state index >= 15 is 0 Å². The van der Waals surface area contributed by atoms with E-state index in [9.17, 15) is 12.8 Å². The third kappa shape index (κ3) is 3.48. The molecule has 1 heterocycles. The number of benzene rings is 1. The van der Waals surface area contributed by atoms with Crippen LogP contribution in [-0.2, 0) is 14.8 Å². The molecule has 1 aliphatic rings. The summed E-state index contributed by atoms with van der Waals surface area (Å²) in [6.45, 7) is 2.65. The molecule has 0 bridgehead atoms. The van der Waals surface area contributed by atoms with Crippen LogP contribution in [0.3, 0.4) is 0 Å². The molecule has 2 rings (SSSR count). The quantitative estimate of drug-likeness (QED) is 0.897. The van der Waals surface area contributed by atoms with Crippen LogP contribution in [0, 0.1) is 12.7 Å². The van der Waals surface area contributed by atoms with Gasteiger partial charge in [0.25, 0.3) is 0 Å². The third-order valence-corrected chi connectivity index (χ3v) is 4.99. The first-order chi connectivity index (χ1) is 8.95. The molecular weight excluding hydrogens is 307 g/mol. The number of ether oxygens (including phenoxy) is 1. The van der Waals surface area contributed by atoms with Crippen molar-refractivity contribution in [2.24, 2.45) is 5.73 Å². The zero-order valence-electron chi connectivity index (χ0n) is 11.1. The molecule has 0 amide bonds. The SMILES string of the molecule is Cc1cc(S(=O)(=O)N2CCOC(CN)C2)ccc1F.Cl. The lowest BCUT2D eigenvalue weighted by Gasteiger charge is -2.31. The molecule has 20 heavy (non-hydrogen) atoms. The summed E-state index contributed by atoms with van der Waals surface area (Å²) in [5, 5.41) is 0. The molecule has 1 atom stereocenters. The van der Waals surface area contributed by atoms with Crippen LogP contribution in [-0.4, -0.2) is 45.1 Å². The van der Waals surface area contributed by atoms with E-state index in [4.69, 9.17) is 10.5 Å². The molecule has 1 aliphatic heterocycles. The number of sulfonamides is 1. The minimum Gasteiger partial charge on any atom is -0.374 e. The van der Waals surface area contributed by atoms with Crippen molar-refractivity contribution < 1.29 is 17.5 Å². The summed E-state index contributed by atoms with van der Waals surface area (Å²) in [6, 6.07) is 3.80. The van der Waals surface area contributed by atoms with Crippen LogP contribution in [0.5, 0.6) is 0 Å². The lowest BCUT2D eigenvalue weighted by molar-refractivity contribution is 0.00450. The lowest BCUT2D eigenvalue weighted by atomic mass is 10.2. The fraction of sp³-hybridized carbons (Fsp3) is 0.500. The van der Waals surface area contributed by atoms with Crippen LogP contribution in [0.2, 0.25) is 0 Å². The van der Waals surface area contributed by atoms with E-state index in [1.165, 1.54) is 29.4 Å². The molecule has 1 fully saturated rings. The van der Waals surface area contributed by atoms with Gasteiger partial charge in [-0.25, -0.2) is 12.8 Å². The van der Waals surface area contributed by atoms with Gasteiger partial charge in [-0.1, -0.05) is 0 Å². The molecule has 5 nitrogen and oxygen atoms in total. The van der Waals surface area contributed by atoms with Gasteiger partial charge in [-0.3, -0.25) is 0 Å². The molecule has 1 aromatic rings. The molecule has 1 saturated heterocycles. The van der Waals surface area contributed by atoms with Crippen LogP contribution in [0.4, 0.5) is 4.39 Å². The van der Waals surface area contributed by atoms with Crippen LogP contribution >= 0.6 is 12.4 Å². The standard InChI is InChI=1S/C12H17FN2O3S.ClH/c1-9-6-11(2-3-12(9)13)19(16,17)15-4-5-18-10(7-14)8-15;/h2-3,6,10H,4-5,7-8,14H2,1H3;1H. The maximum Gasteiger partial charge on any atom is 0.243 e. The molecular formula is C12H18ClFN2O3S. The number of nitrogens with two attached hydrogens (primary N) is 1. The summed E-state index contributed by atoms with van der Waals surface area (Å²) >= 11 is 0. The van der Waals surface area contributed by atoms with Gasteiger partial charge in [0, 0.05) is 19.6 Å². The topological polar surface area (TPSA) is 72.6 Å². The van der Waals surface area contributed by atoms with E-state index in [1.807, 2.05) is 0 Å². The van der Waals surface area contributed by atoms with Gasteiger partial charge < -0.3 is 10.5 Å². The summed E-state index contributed by atoms with van der Waals surface area (Å²) in [4.78, 5) is 0.101. The summed E-state index contributed by atoms with van der Waals surface area (Å²) in [5.41, 5.74) is 5.81. The van der Waals surface area contributed by atoms with Gasteiger partial charge in [0.05, 0.1) is 17.6 Å². The number of morpholine rings is 1. The molecule has 0 aliphatic carbocycles. The van der Waals surface area contributed by atoms with E-state index in [0.29, 0.717) is 12.2 Å². The van der Waals surface area contributed by atoms with Crippen molar-refractivity contribution >= 4 is 22.4 Å². The molecule has 0 saturated carbocycles. The smallest absolute Gasteiger partial charge is 0.243 e. The average molecular weight is 325 g/mol. The first-order valence-electron chi connectivity index (χ1n) is 6.03. The molecule has 114 valence electrons. The van der Waals surface area contributed by atoms with Gasteiger partial charge in [0.15, 0.2) is 0 Å². The Kier molecular flexibility index (Phi) is 5.91. The summed E-state index contributed by atoms with van der Waals surface area (Å²) in [5.74, 6) is -0.416. The van der Waals surface area contributed by atoms with Gasteiger partial charge in [-0.05, 0) is 30.7 Å². The van der Waals surface area contributed by atoms with Crippen molar-refractivity contribution in [3.63, 3.8) is 0 Å². The molecule has 1 aromatic carbocycles. The molecule has 2 N–H and O–H groups in total. The Hall–Kier alpha value is -0.730.